The van der Waals surface area contributed by atoms with Crippen molar-refractivity contribution in [2.75, 3.05) is 0 Å². The molecule has 0 amide bonds. The van der Waals surface area contributed by atoms with Gasteiger partial charge in [0.05, 0.1) is 4.90 Å². The SMILES string of the molecule is Cn1nc(S(N)(=O)=O)s/c1=N/S(=O)(=O)c1ccc(-[n+]2c(-c3ccccc3)cc(-c3ccccc3)cc2-c2ccccc2)cc1.F[B-](F)(F)F. The number of benzene rings is 4. The third-order valence-corrected chi connectivity index (χ3v) is 10.5. The highest BCUT2D eigenvalue weighted by Gasteiger charge is 2.26. The van der Waals surface area contributed by atoms with Gasteiger partial charge in [0.25, 0.3) is 20.0 Å². The maximum Gasteiger partial charge on any atom is 0.673 e. The van der Waals surface area contributed by atoms with Crippen LogP contribution in [0.1, 0.15) is 0 Å². The largest absolute Gasteiger partial charge is 0.673 e. The van der Waals surface area contributed by atoms with Gasteiger partial charge >= 0.3 is 7.25 Å². The molecule has 0 saturated heterocycles. The number of hydrogen-bond donors (Lipinski definition) is 1. The number of hydrogen-bond acceptors (Lipinski definition) is 6. The molecular formula is C32H26BF4N5O4S3. The Morgan fingerprint density at radius 2 is 1.12 bits per heavy atom. The van der Waals surface area contributed by atoms with Crippen molar-refractivity contribution in [3.05, 3.63) is 132 Å². The summed E-state index contributed by atoms with van der Waals surface area (Å²) in [5.74, 6) is 0. The van der Waals surface area contributed by atoms with Crippen LogP contribution in [0.25, 0.3) is 39.3 Å². The monoisotopic (exact) mass is 727 g/mol. The third kappa shape index (κ3) is 8.94. The molecular weight excluding hydrogens is 701 g/mol. The molecule has 0 aliphatic rings. The molecule has 17 heteroatoms. The van der Waals surface area contributed by atoms with E-state index in [-0.39, 0.29) is 9.70 Å². The van der Waals surface area contributed by atoms with Crippen molar-refractivity contribution in [3.63, 3.8) is 0 Å². The second kappa shape index (κ2) is 14.3. The summed E-state index contributed by atoms with van der Waals surface area (Å²) in [5.41, 5.74) is 6.64. The first-order valence-electron chi connectivity index (χ1n) is 14.2. The van der Waals surface area contributed by atoms with Gasteiger partial charge in [0, 0.05) is 42.4 Å². The van der Waals surface area contributed by atoms with Crippen LogP contribution in [-0.4, -0.2) is 33.9 Å². The summed E-state index contributed by atoms with van der Waals surface area (Å²) in [5, 5.41) is 8.93. The Bertz CT molecular complexity index is 2310. The average molecular weight is 728 g/mol. The molecule has 0 saturated carbocycles. The van der Waals surface area contributed by atoms with Gasteiger partial charge in [0.15, 0.2) is 0 Å². The van der Waals surface area contributed by atoms with Crippen LogP contribution >= 0.6 is 11.3 Å². The minimum absolute atomic E-state index is 0.0594. The van der Waals surface area contributed by atoms with Crippen LogP contribution in [-0.2, 0) is 27.1 Å². The van der Waals surface area contributed by atoms with Crippen molar-refractivity contribution in [1.29, 1.82) is 0 Å². The number of halogens is 4. The first-order valence-corrected chi connectivity index (χ1v) is 18.0. The Labute approximate surface area is 283 Å². The van der Waals surface area contributed by atoms with E-state index in [2.05, 4.69) is 38.3 Å². The fourth-order valence-corrected chi connectivity index (χ4v) is 7.53. The zero-order chi connectivity index (χ0) is 35.4. The van der Waals surface area contributed by atoms with Gasteiger partial charge in [-0.3, -0.25) is 0 Å². The van der Waals surface area contributed by atoms with Gasteiger partial charge in [-0.15, -0.1) is 9.50 Å². The molecule has 0 radical (unpaired) electrons. The topological polar surface area (TPSA) is 128 Å². The molecule has 0 bridgehead atoms. The summed E-state index contributed by atoms with van der Waals surface area (Å²) in [6, 6.07) is 40.8. The molecule has 2 N–H and O–H groups in total. The average Bonchev–Trinajstić information content (AvgIpc) is 3.44. The minimum atomic E-state index is -6.00. The lowest BCUT2D eigenvalue weighted by molar-refractivity contribution is -0.572. The molecule has 0 atom stereocenters. The minimum Gasteiger partial charge on any atom is -0.418 e. The Morgan fingerprint density at radius 1 is 0.694 bits per heavy atom. The summed E-state index contributed by atoms with van der Waals surface area (Å²) in [6.07, 6.45) is 0. The fourth-order valence-electron chi connectivity index (χ4n) is 4.76. The summed E-state index contributed by atoms with van der Waals surface area (Å²) < 4.78 is 95.5. The predicted molar refractivity (Wildman–Crippen MR) is 180 cm³/mol. The van der Waals surface area contributed by atoms with Gasteiger partial charge in [-0.1, -0.05) is 78.1 Å². The molecule has 0 spiro atoms. The maximum atomic E-state index is 13.3. The Balaban J connectivity index is 0.000000874. The van der Waals surface area contributed by atoms with E-state index < -0.39 is 31.6 Å². The van der Waals surface area contributed by atoms with Crippen molar-refractivity contribution in [1.82, 2.24) is 9.78 Å². The Hall–Kier alpha value is -4.97. The van der Waals surface area contributed by atoms with E-state index in [1.54, 1.807) is 12.1 Å². The Kier molecular flexibility index (Phi) is 10.3. The molecule has 2 aromatic heterocycles. The number of sulfonamides is 2. The first-order chi connectivity index (χ1) is 23.1. The molecule has 0 unspecified atom stereocenters. The highest BCUT2D eigenvalue weighted by molar-refractivity contribution is 7.91. The van der Waals surface area contributed by atoms with Crippen molar-refractivity contribution >= 4 is 38.6 Å². The molecule has 0 aliphatic heterocycles. The first kappa shape index (κ1) is 35.3. The van der Waals surface area contributed by atoms with Gasteiger partial charge in [-0.25, -0.2) is 18.2 Å². The van der Waals surface area contributed by atoms with Crippen LogP contribution in [0.15, 0.2) is 141 Å². The molecule has 0 aliphatic carbocycles. The number of nitrogens with zero attached hydrogens (tertiary/aromatic N) is 4. The summed E-state index contributed by atoms with van der Waals surface area (Å²) in [6.45, 7) is 0. The molecule has 49 heavy (non-hydrogen) atoms. The van der Waals surface area contributed by atoms with Gasteiger partial charge in [-0.2, -0.15) is 13.0 Å². The second-order valence-electron chi connectivity index (χ2n) is 10.3. The Morgan fingerprint density at radius 3 is 1.53 bits per heavy atom. The van der Waals surface area contributed by atoms with Gasteiger partial charge in [0.2, 0.25) is 26.2 Å². The molecule has 6 aromatic rings. The fraction of sp³-hybridized carbons (Fsp3) is 0.0312. The number of nitrogens with two attached hydrogens (primary N) is 1. The van der Waals surface area contributed by atoms with Crippen molar-refractivity contribution < 1.29 is 38.7 Å². The van der Waals surface area contributed by atoms with E-state index in [9.17, 15) is 34.1 Å². The lowest BCUT2D eigenvalue weighted by Crippen LogP contribution is -2.36. The number of aromatic nitrogens is 3. The van der Waals surface area contributed by atoms with Gasteiger partial charge in [-0.05, 0) is 47.5 Å². The van der Waals surface area contributed by atoms with Crippen molar-refractivity contribution in [2.24, 2.45) is 16.6 Å². The molecule has 252 valence electrons. The summed E-state index contributed by atoms with van der Waals surface area (Å²) >= 11 is 0.576. The van der Waals surface area contributed by atoms with Gasteiger partial charge < -0.3 is 17.3 Å². The molecule has 4 aromatic carbocycles. The van der Waals surface area contributed by atoms with E-state index >= 15 is 0 Å². The van der Waals surface area contributed by atoms with E-state index in [0.717, 1.165) is 44.0 Å². The second-order valence-corrected chi connectivity index (χ2v) is 14.6. The van der Waals surface area contributed by atoms with E-state index in [1.807, 2.05) is 78.9 Å². The van der Waals surface area contributed by atoms with Gasteiger partial charge in [0.1, 0.15) is 0 Å². The zero-order valence-corrected chi connectivity index (χ0v) is 27.9. The van der Waals surface area contributed by atoms with Crippen LogP contribution in [0.5, 0.6) is 0 Å². The third-order valence-electron chi connectivity index (χ3n) is 6.83. The van der Waals surface area contributed by atoms with Crippen LogP contribution in [0, 0.1) is 0 Å². The van der Waals surface area contributed by atoms with E-state index in [0.29, 0.717) is 11.3 Å². The zero-order valence-electron chi connectivity index (χ0n) is 25.4. The van der Waals surface area contributed by atoms with Crippen LogP contribution in [0.2, 0.25) is 0 Å². The molecule has 0 fully saturated rings. The highest BCUT2D eigenvalue weighted by atomic mass is 32.2. The van der Waals surface area contributed by atoms with Crippen LogP contribution in [0.3, 0.4) is 0 Å². The number of pyridine rings is 1. The smallest absolute Gasteiger partial charge is 0.418 e. The van der Waals surface area contributed by atoms with Crippen molar-refractivity contribution in [2.45, 2.75) is 9.24 Å². The van der Waals surface area contributed by atoms with Crippen LogP contribution in [0.4, 0.5) is 17.3 Å². The number of primary sulfonamides is 1. The number of aryl methyl sites for hydroxylation is 1. The molecule has 2 heterocycles. The highest BCUT2D eigenvalue weighted by Crippen LogP contribution is 2.30. The lowest BCUT2D eigenvalue weighted by Gasteiger charge is -2.13. The van der Waals surface area contributed by atoms with E-state index in [1.165, 1.54) is 19.2 Å². The quantitative estimate of drug-likeness (QED) is 0.123. The predicted octanol–water partition coefficient (Wildman–Crippen LogP) is 6.00. The summed E-state index contributed by atoms with van der Waals surface area (Å²) in [7, 11) is -12.9. The summed E-state index contributed by atoms with van der Waals surface area (Å²) in [4.78, 5) is -0.183. The maximum absolute atomic E-state index is 13.3. The number of rotatable bonds is 7. The van der Waals surface area contributed by atoms with Crippen molar-refractivity contribution in [3.8, 4) is 39.3 Å². The molecule has 6 rings (SSSR count). The van der Waals surface area contributed by atoms with Crippen LogP contribution < -0.4 is 14.5 Å². The standard InChI is InChI=1S/C32H26N5O4S3.BF4/c1-36-31(42-32(34-36)43(33,38)39)35-44(40,41)28-19-17-27(18-20-28)37-29(24-13-7-3-8-14-24)21-26(23-11-5-2-6-12-23)22-30(37)25-15-9-4-10-16-25;2-1(3,4)5/h2-22H,1H3,(H2,33,38,39);/q+1;-1/b35-31+;. The van der Waals surface area contributed by atoms with E-state index in [4.69, 9.17) is 5.14 Å². The lowest BCUT2D eigenvalue weighted by atomic mass is 9.98. The normalized spacial score (nSPS) is 12.3. The molecule has 9 nitrogen and oxygen atoms in total.